The summed E-state index contributed by atoms with van der Waals surface area (Å²) in [4.78, 5) is 23.9. The first-order valence-electron chi connectivity index (χ1n) is 6.38. The minimum atomic E-state index is -0.199. The van der Waals surface area contributed by atoms with Crippen molar-refractivity contribution in [2.75, 3.05) is 11.5 Å². The SMILES string of the molecule is CC(=O)C(C(=O)/C=C/c1ccc(C)cc1)=C1SCCS1. The molecule has 1 aliphatic heterocycles. The molecule has 2 nitrogen and oxygen atoms in total. The topological polar surface area (TPSA) is 34.1 Å². The Morgan fingerprint density at radius 3 is 2.25 bits per heavy atom. The van der Waals surface area contributed by atoms with Crippen LogP contribution in [0.25, 0.3) is 6.08 Å². The fourth-order valence-corrected chi connectivity index (χ4v) is 4.45. The van der Waals surface area contributed by atoms with Gasteiger partial charge >= 0.3 is 0 Å². The average Bonchev–Trinajstić information content (AvgIpc) is 2.91. The lowest BCUT2D eigenvalue weighted by molar-refractivity contribution is -0.118. The van der Waals surface area contributed by atoms with Crippen molar-refractivity contribution in [1.82, 2.24) is 0 Å². The molecule has 0 aliphatic carbocycles. The first kappa shape index (κ1) is 15.1. The highest BCUT2D eigenvalue weighted by Crippen LogP contribution is 2.39. The first-order valence-corrected chi connectivity index (χ1v) is 8.35. The zero-order valence-electron chi connectivity index (χ0n) is 11.5. The van der Waals surface area contributed by atoms with Crippen LogP contribution in [0, 0.1) is 6.92 Å². The maximum absolute atomic E-state index is 12.2. The van der Waals surface area contributed by atoms with Gasteiger partial charge in [0.05, 0.1) is 9.81 Å². The zero-order chi connectivity index (χ0) is 14.5. The Kier molecular flexibility index (Phi) is 5.26. The van der Waals surface area contributed by atoms with Crippen LogP contribution < -0.4 is 0 Å². The normalized spacial score (nSPS) is 14.8. The van der Waals surface area contributed by atoms with E-state index in [1.165, 1.54) is 18.6 Å². The number of Topliss-reactive ketones (excluding diaryl/α,β-unsaturated/α-hetero) is 1. The zero-order valence-corrected chi connectivity index (χ0v) is 13.1. The summed E-state index contributed by atoms with van der Waals surface area (Å²) in [6.07, 6.45) is 3.25. The molecule has 1 fully saturated rings. The number of benzene rings is 1. The number of ketones is 2. The number of carbonyl (C=O) groups excluding carboxylic acids is 2. The highest BCUT2D eigenvalue weighted by atomic mass is 32.2. The fourth-order valence-electron chi connectivity index (χ4n) is 1.81. The molecule has 0 amide bonds. The molecule has 0 radical (unpaired) electrons. The van der Waals surface area contributed by atoms with Crippen LogP contribution >= 0.6 is 23.5 Å². The second-order valence-corrected chi connectivity index (χ2v) is 6.99. The molecule has 1 aromatic carbocycles. The molecular formula is C16H16O2S2. The molecule has 20 heavy (non-hydrogen) atoms. The smallest absolute Gasteiger partial charge is 0.191 e. The van der Waals surface area contributed by atoms with E-state index in [1.807, 2.05) is 31.2 Å². The van der Waals surface area contributed by atoms with E-state index in [9.17, 15) is 9.59 Å². The van der Waals surface area contributed by atoms with Crippen molar-refractivity contribution in [1.29, 1.82) is 0 Å². The van der Waals surface area contributed by atoms with Gasteiger partial charge in [-0.2, -0.15) is 0 Å². The van der Waals surface area contributed by atoms with Gasteiger partial charge in [-0.3, -0.25) is 9.59 Å². The van der Waals surface area contributed by atoms with E-state index < -0.39 is 0 Å². The third-order valence-electron chi connectivity index (χ3n) is 2.86. The van der Waals surface area contributed by atoms with Gasteiger partial charge in [0, 0.05) is 11.5 Å². The van der Waals surface area contributed by atoms with Crippen LogP contribution in [-0.2, 0) is 9.59 Å². The standard InChI is InChI=1S/C16H16O2S2/c1-11-3-5-13(6-4-11)7-8-14(18)15(12(2)17)16-19-9-10-20-16/h3-8H,9-10H2,1-2H3/b8-7+. The summed E-state index contributed by atoms with van der Waals surface area (Å²) in [5.74, 6) is 1.58. The summed E-state index contributed by atoms with van der Waals surface area (Å²) in [6, 6.07) is 7.91. The second-order valence-electron chi connectivity index (χ2n) is 4.52. The quantitative estimate of drug-likeness (QED) is 0.480. The van der Waals surface area contributed by atoms with Crippen molar-refractivity contribution in [3.05, 3.63) is 51.3 Å². The summed E-state index contributed by atoms with van der Waals surface area (Å²) in [7, 11) is 0. The summed E-state index contributed by atoms with van der Waals surface area (Å²) in [6.45, 7) is 3.48. The Labute approximate surface area is 127 Å². The largest absolute Gasteiger partial charge is 0.294 e. The minimum absolute atomic E-state index is 0.152. The number of hydrogen-bond donors (Lipinski definition) is 0. The van der Waals surface area contributed by atoms with E-state index in [4.69, 9.17) is 0 Å². The summed E-state index contributed by atoms with van der Waals surface area (Å²) < 4.78 is 0.871. The van der Waals surface area contributed by atoms with Crippen LogP contribution in [0.15, 0.2) is 40.2 Å². The third-order valence-corrected chi connectivity index (χ3v) is 5.57. The van der Waals surface area contributed by atoms with Gasteiger partial charge < -0.3 is 0 Å². The number of hydrogen-bond acceptors (Lipinski definition) is 4. The molecule has 0 N–H and O–H groups in total. The van der Waals surface area contributed by atoms with Gasteiger partial charge in [0.25, 0.3) is 0 Å². The molecule has 4 heteroatoms. The Morgan fingerprint density at radius 2 is 1.70 bits per heavy atom. The molecule has 2 rings (SSSR count). The highest BCUT2D eigenvalue weighted by molar-refractivity contribution is 8.25. The molecule has 0 bridgehead atoms. The van der Waals surface area contributed by atoms with E-state index >= 15 is 0 Å². The molecular weight excluding hydrogens is 288 g/mol. The van der Waals surface area contributed by atoms with E-state index in [0.717, 1.165) is 21.3 Å². The van der Waals surface area contributed by atoms with Crippen LogP contribution in [0.4, 0.5) is 0 Å². The predicted molar refractivity (Wildman–Crippen MR) is 87.8 cm³/mol. The number of allylic oxidation sites excluding steroid dienone is 2. The Balaban J connectivity index is 2.19. The van der Waals surface area contributed by atoms with Crippen molar-refractivity contribution in [2.24, 2.45) is 0 Å². The maximum atomic E-state index is 12.2. The Bertz CT molecular complexity index is 575. The van der Waals surface area contributed by atoms with Gasteiger partial charge in [-0.1, -0.05) is 35.9 Å². The van der Waals surface area contributed by atoms with Gasteiger partial charge in [0.15, 0.2) is 11.6 Å². The second kappa shape index (κ2) is 6.95. The summed E-state index contributed by atoms with van der Waals surface area (Å²) in [5.41, 5.74) is 2.48. The highest BCUT2D eigenvalue weighted by Gasteiger charge is 2.21. The van der Waals surface area contributed by atoms with Crippen LogP contribution in [0.3, 0.4) is 0 Å². The van der Waals surface area contributed by atoms with E-state index in [-0.39, 0.29) is 11.6 Å². The van der Waals surface area contributed by atoms with Gasteiger partial charge in [-0.05, 0) is 25.5 Å². The van der Waals surface area contributed by atoms with Crippen LogP contribution in [0.5, 0.6) is 0 Å². The van der Waals surface area contributed by atoms with Crippen molar-refractivity contribution in [2.45, 2.75) is 13.8 Å². The van der Waals surface area contributed by atoms with E-state index in [1.54, 1.807) is 29.6 Å². The molecule has 0 atom stereocenters. The fraction of sp³-hybridized carbons (Fsp3) is 0.250. The number of thioether (sulfide) groups is 2. The Hall–Kier alpha value is -1.26. The first-order chi connectivity index (χ1) is 9.58. The lowest BCUT2D eigenvalue weighted by Gasteiger charge is -2.03. The Morgan fingerprint density at radius 1 is 1.10 bits per heavy atom. The van der Waals surface area contributed by atoms with Crippen molar-refractivity contribution in [3.63, 3.8) is 0 Å². The van der Waals surface area contributed by atoms with Gasteiger partial charge in [0.2, 0.25) is 0 Å². The lowest BCUT2D eigenvalue weighted by Crippen LogP contribution is -2.08. The third kappa shape index (κ3) is 3.87. The van der Waals surface area contributed by atoms with E-state index in [0.29, 0.717) is 5.57 Å². The van der Waals surface area contributed by atoms with Crippen LogP contribution in [0.2, 0.25) is 0 Å². The van der Waals surface area contributed by atoms with Crippen LogP contribution in [-0.4, -0.2) is 23.1 Å². The number of aryl methyl sites for hydroxylation is 1. The average molecular weight is 304 g/mol. The van der Waals surface area contributed by atoms with Crippen LogP contribution in [0.1, 0.15) is 18.1 Å². The molecule has 1 heterocycles. The summed E-state index contributed by atoms with van der Waals surface area (Å²) >= 11 is 3.20. The lowest BCUT2D eigenvalue weighted by atomic mass is 10.1. The van der Waals surface area contributed by atoms with Crippen molar-refractivity contribution < 1.29 is 9.59 Å². The molecule has 0 spiro atoms. The minimum Gasteiger partial charge on any atom is -0.294 e. The molecule has 1 saturated heterocycles. The molecule has 0 unspecified atom stereocenters. The molecule has 1 aromatic rings. The number of rotatable bonds is 4. The maximum Gasteiger partial charge on any atom is 0.191 e. The molecule has 1 aliphatic rings. The van der Waals surface area contributed by atoms with Gasteiger partial charge in [-0.25, -0.2) is 0 Å². The predicted octanol–water partition coefficient (Wildman–Crippen LogP) is 3.86. The molecule has 104 valence electrons. The molecule has 0 aromatic heterocycles. The van der Waals surface area contributed by atoms with E-state index in [2.05, 4.69) is 0 Å². The van der Waals surface area contributed by atoms with Crippen molar-refractivity contribution >= 4 is 41.2 Å². The monoisotopic (exact) mass is 304 g/mol. The van der Waals surface area contributed by atoms with Gasteiger partial charge in [0.1, 0.15) is 0 Å². The molecule has 0 saturated carbocycles. The summed E-state index contributed by atoms with van der Waals surface area (Å²) in [5, 5.41) is 0. The van der Waals surface area contributed by atoms with Gasteiger partial charge in [-0.15, -0.1) is 23.5 Å². The number of carbonyl (C=O) groups is 2. The van der Waals surface area contributed by atoms with Crippen molar-refractivity contribution in [3.8, 4) is 0 Å².